The van der Waals surface area contributed by atoms with Gasteiger partial charge in [-0.25, -0.2) is 0 Å². The van der Waals surface area contributed by atoms with Gasteiger partial charge in [-0.3, -0.25) is 9.59 Å². The van der Waals surface area contributed by atoms with Crippen molar-refractivity contribution in [2.24, 2.45) is 0 Å². The van der Waals surface area contributed by atoms with Crippen LogP contribution in [0.3, 0.4) is 0 Å². The normalized spacial score (nSPS) is 17.1. The van der Waals surface area contributed by atoms with Gasteiger partial charge in [-0.15, -0.1) is 0 Å². The summed E-state index contributed by atoms with van der Waals surface area (Å²) in [6.07, 6.45) is 1.62. The summed E-state index contributed by atoms with van der Waals surface area (Å²) >= 11 is 0. The Morgan fingerprint density at radius 2 is 1.69 bits per heavy atom. The molecule has 0 aliphatic carbocycles. The van der Waals surface area contributed by atoms with Gasteiger partial charge >= 0.3 is 0 Å². The first-order valence-corrected chi connectivity index (χ1v) is 12.9. The lowest BCUT2D eigenvalue weighted by Gasteiger charge is -2.27. The van der Waals surface area contributed by atoms with Crippen LogP contribution >= 0.6 is 0 Å². The van der Waals surface area contributed by atoms with E-state index in [2.05, 4.69) is 18.7 Å². The number of aliphatic hydroxyl groups excluding tert-OH is 1. The number of aliphatic hydroxyl groups is 1. The summed E-state index contributed by atoms with van der Waals surface area (Å²) in [7, 11) is 0. The predicted molar refractivity (Wildman–Crippen MR) is 141 cm³/mol. The van der Waals surface area contributed by atoms with E-state index >= 15 is 0 Å². The van der Waals surface area contributed by atoms with Gasteiger partial charge in [-0.1, -0.05) is 45.0 Å². The molecule has 1 amide bonds. The molecule has 1 N–H and O–H groups in total. The van der Waals surface area contributed by atoms with Crippen molar-refractivity contribution in [1.82, 2.24) is 9.80 Å². The van der Waals surface area contributed by atoms with E-state index in [1.807, 2.05) is 38.1 Å². The number of ketones is 1. The number of carbonyl (C=O) groups is 2. The topological polar surface area (TPSA) is 79.3 Å². The van der Waals surface area contributed by atoms with Gasteiger partial charge in [0, 0.05) is 12.1 Å². The largest absolute Gasteiger partial charge is 0.507 e. The molecule has 3 rings (SSSR count). The molecule has 0 bridgehead atoms. The summed E-state index contributed by atoms with van der Waals surface area (Å²) in [4.78, 5) is 30.3. The highest BCUT2D eigenvalue weighted by Crippen LogP contribution is 2.40. The van der Waals surface area contributed by atoms with Gasteiger partial charge in [-0.05, 0) is 69.2 Å². The molecule has 194 valence electrons. The third-order valence-electron chi connectivity index (χ3n) is 6.39. The first-order valence-electron chi connectivity index (χ1n) is 12.9. The number of hydrogen-bond acceptors (Lipinski definition) is 6. The van der Waals surface area contributed by atoms with E-state index in [-0.39, 0.29) is 11.3 Å². The second-order valence-corrected chi connectivity index (χ2v) is 8.75. The minimum absolute atomic E-state index is 0.0960. The fourth-order valence-corrected chi connectivity index (χ4v) is 4.48. The monoisotopic (exact) mass is 494 g/mol. The highest BCUT2D eigenvalue weighted by molar-refractivity contribution is 6.46. The van der Waals surface area contributed by atoms with Gasteiger partial charge in [0.25, 0.3) is 11.7 Å². The Morgan fingerprint density at radius 3 is 2.33 bits per heavy atom. The van der Waals surface area contributed by atoms with Crippen molar-refractivity contribution in [2.45, 2.75) is 46.6 Å². The fraction of sp³-hybridized carbons (Fsp3) is 0.448. The van der Waals surface area contributed by atoms with Gasteiger partial charge in [0.05, 0.1) is 24.8 Å². The van der Waals surface area contributed by atoms with Crippen LogP contribution in [0.1, 0.15) is 57.7 Å². The Morgan fingerprint density at radius 1 is 0.972 bits per heavy atom. The Bertz CT molecular complexity index is 1060. The Hall–Kier alpha value is -3.32. The van der Waals surface area contributed by atoms with Crippen LogP contribution in [-0.2, 0) is 9.59 Å². The molecule has 1 aliphatic rings. The molecule has 7 nitrogen and oxygen atoms in total. The molecule has 1 saturated heterocycles. The van der Waals surface area contributed by atoms with Crippen LogP contribution in [0, 0.1) is 0 Å². The smallest absolute Gasteiger partial charge is 0.295 e. The quantitative estimate of drug-likeness (QED) is 0.239. The van der Waals surface area contributed by atoms with Crippen molar-refractivity contribution in [3.8, 4) is 11.5 Å². The Kier molecular flexibility index (Phi) is 9.94. The van der Waals surface area contributed by atoms with Crippen LogP contribution in [0.15, 0.2) is 54.1 Å². The van der Waals surface area contributed by atoms with E-state index in [0.717, 1.165) is 43.8 Å². The second-order valence-electron chi connectivity index (χ2n) is 8.75. The first-order chi connectivity index (χ1) is 17.4. The number of carbonyl (C=O) groups excluding carboxylic acids is 2. The van der Waals surface area contributed by atoms with E-state index in [1.165, 1.54) is 0 Å². The van der Waals surface area contributed by atoms with Gasteiger partial charge in [0.1, 0.15) is 17.3 Å². The molecule has 2 aromatic rings. The van der Waals surface area contributed by atoms with Crippen LogP contribution in [0.5, 0.6) is 11.5 Å². The summed E-state index contributed by atoms with van der Waals surface area (Å²) in [5.41, 5.74) is 1.29. The van der Waals surface area contributed by atoms with Crippen LogP contribution < -0.4 is 9.47 Å². The number of rotatable bonds is 13. The van der Waals surface area contributed by atoms with Crippen LogP contribution in [0.2, 0.25) is 0 Å². The van der Waals surface area contributed by atoms with Crippen molar-refractivity contribution < 1.29 is 24.2 Å². The molecular formula is C29H38N2O5. The van der Waals surface area contributed by atoms with Crippen LogP contribution in [-0.4, -0.2) is 66.0 Å². The van der Waals surface area contributed by atoms with Crippen molar-refractivity contribution >= 4 is 17.4 Å². The summed E-state index contributed by atoms with van der Waals surface area (Å²) in [6, 6.07) is 13.7. The highest BCUT2D eigenvalue weighted by atomic mass is 16.5. The van der Waals surface area contributed by atoms with Crippen molar-refractivity contribution in [3.63, 3.8) is 0 Å². The Balaban J connectivity index is 2.01. The highest BCUT2D eigenvalue weighted by Gasteiger charge is 2.45. The van der Waals surface area contributed by atoms with E-state index in [9.17, 15) is 14.7 Å². The number of amides is 1. The molecule has 2 aromatic carbocycles. The number of hydrogen-bond donors (Lipinski definition) is 1. The molecule has 7 heteroatoms. The number of nitrogens with zero attached hydrogens (tertiary/aromatic N) is 2. The summed E-state index contributed by atoms with van der Waals surface area (Å²) in [5.74, 6) is -0.147. The lowest BCUT2D eigenvalue weighted by atomic mass is 9.95. The van der Waals surface area contributed by atoms with Gasteiger partial charge in [0.2, 0.25) is 0 Å². The predicted octanol–water partition coefficient (Wildman–Crippen LogP) is 5.03. The van der Waals surface area contributed by atoms with Gasteiger partial charge in [0.15, 0.2) is 0 Å². The number of likely N-dealkylation sites (tertiary alicyclic amines) is 1. The third-order valence-corrected chi connectivity index (χ3v) is 6.39. The number of Topliss-reactive ketones (excluding diaryl/α,β-unsaturated/α-hetero) is 1. The van der Waals surface area contributed by atoms with Crippen LogP contribution in [0.4, 0.5) is 0 Å². The molecule has 36 heavy (non-hydrogen) atoms. The van der Waals surface area contributed by atoms with E-state index < -0.39 is 17.7 Å². The third kappa shape index (κ3) is 6.26. The average molecular weight is 495 g/mol. The molecule has 1 unspecified atom stereocenters. The number of ether oxygens (including phenoxy) is 2. The lowest BCUT2D eigenvalue weighted by Crippen LogP contribution is -2.33. The molecule has 0 saturated carbocycles. The minimum Gasteiger partial charge on any atom is -0.507 e. The van der Waals surface area contributed by atoms with Gasteiger partial charge < -0.3 is 24.4 Å². The standard InChI is InChI=1S/C29H38N2O5/c1-5-19-36-23-15-13-21(14-16-23)26-25(27(32)22-11-9-12-24(20-22)35-8-4)28(33)29(34)31(26)18-10-17-30(6-2)7-3/h9,11-16,20,26,32H,5-8,10,17-19H2,1-4H3/b27-25+. The van der Waals surface area contributed by atoms with Crippen molar-refractivity contribution in [3.05, 3.63) is 65.2 Å². The van der Waals surface area contributed by atoms with E-state index in [1.54, 1.807) is 29.2 Å². The summed E-state index contributed by atoms with van der Waals surface area (Å²) in [5, 5.41) is 11.3. The maximum Gasteiger partial charge on any atom is 0.295 e. The SMILES string of the molecule is CCCOc1ccc(C2/C(=C(\O)c3cccc(OCC)c3)C(=O)C(=O)N2CCCN(CC)CC)cc1. The molecule has 1 aliphatic heterocycles. The average Bonchev–Trinajstić information content (AvgIpc) is 3.15. The van der Waals surface area contributed by atoms with Crippen molar-refractivity contribution in [1.29, 1.82) is 0 Å². The molecule has 0 radical (unpaired) electrons. The minimum atomic E-state index is -0.683. The molecule has 0 spiro atoms. The zero-order valence-electron chi connectivity index (χ0n) is 21.8. The fourth-order valence-electron chi connectivity index (χ4n) is 4.48. The maximum absolute atomic E-state index is 13.3. The molecular weight excluding hydrogens is 456 g/mol. The zero-order chi connectivity index (χ0) is 26.1. The summed E-state index contributed by atoms with van der Waals surface area (Å²) < 4.78 is 11.3. The molecule has 1 fully saturated rings. The van der Waals surface area contributed by atoms with Gasteiger partial charge in [-0.2, -0.15) is 0 Å². The van der Waals surface area contributed by atoms with Crippen molar-refractivity contribution in [2.75, 3.05) is 39.4 Å². The molecule has 1 atom stereocenters. The number of benzene rings is 2. The maximum atomic E-state index is 13.3. The lowest BCUT2D eigenvalue weighted by molar-refractivity contribution is -0.140. The van der Waals surface area contributed by atoms with E-state index in [0.29, 0.717) is 31.1 Å². The molecule has 1 heterocycles. The Labute approximate surface area is 214 Å². The first kappa shape index (κ1) is 27.3. The zero-order valence-corrected chi connectivity index (χ0v) is 21.8. The molecule has 0 aromatic heterocycles. The van der Waals surface area contributed by atoms with E-state index in [4.69, 9.17) is 9.47 Å². The van der Waals surface area contributed by atoms with Crippen LogP contribution in [0.25, 0.3) is 5.76 Å². The second kappa shape index (κ2) is 13.1. The summed E-state index contributed by atoms with van der Waals surface area (Å²) in [6.45, 7) is 12.3.